The normalized spacial score (nSPS) is 30.7. The van der Waals surface area contributed by atoms with Crippen LogP contribution < -0.4 is 11.2 Å². The Labute approximate surface area is 178 Å². The zero-order chi connectivity index (χ0) is 21.9. The Hall–Kier alpha value is -1.88. The minimum Gasteiger partial charge on any atom is -0.462 e. The molecule has 1 fully saturated rings. The maximum Gasteiger partial charge on any atom is 0.330 e. The Morgan fingerprint density at radius 1 is 1.37 bits per heavy atom. The van der Waals surface area contributed by atoms with Crippen molar-refractivity contribution in [1.29, 1.82) is 0 Å². The quantitative estimate of drug-likeness (QED) is 0.368. The molecule has 1 N–H and O–H groups in total. The maximum absolute atomic E-state index is 12.4. The summed E-state index contributed by atoms with van der Waals surface area (Å²) < 4.78 is 24.1. The van der Waals surface area contributed by atoms with Crippen molar-refractivity contribution in [2.75, 3.05) is 25.4 Å². The van der Waals surface area contributed by atoms with Crippen molar-refractivity contribution in [2.24, 2.45) is 0 Å². The summed E-state index contributed by atoms with van der Waals surface area (Å²) in [4.78, 5) is 38.1. The van der Waals surface area contributed by atoms with Gasteiger partial charge in [0.15, 0.2) is 6.23 Å². The van der Waals surface area contributed by atoms with Gasteiger partial charge in [-0.05, 0) is 33.1 Å². The van der Waals surface area contributed by atoms with Crippen LogP contribution in [0.5, 0.6) is 0 Å². The largest absolute Gasteiger partial charge is 0.462 e. The molecule has 9 nitrogen and oxygen atoms in total. The Morgan fingerprint density at radius 3 is 2.87 bits per heavy atom. The van der Waals surface area contributed by atoms with Crippen molar-refractivity contribution >= 4 is 17.7 Å². The molecular formula is C20H28N2O7S. The molecule has 4 atom stereocenters. The number of nitrogens with zero attached hydrogens (tertiary/aromatic N) is 1. The predicted molar refractivity (Wildman–Crippen MR) is 112 cm³/mol. The molecule has 1 aromatic heterocycles. The molecule has 0 spiro atoms. The molecular weight excluding hydrogens is 412 g/mol. The predicted octanol–water partition coefficient (Wildman–Crippen LogP) is 1.51. The van der Waals surface area contributed by atoms with Gasteiger partial charge in [0.1, 0.15) is 12.7 Å². The molecule has 2 aliphatic rings. The number of hydrogen-bond donors (Lipinski definition) is 1. The van der Waals surface area contributed by atoms with E-state index in [-0.39, 0.29) is 19.0 Å². The van der Waals surface area contributed by atoms with Crippen molar-refractivity contribution in [3.63, 3.8) is 0 Å². The number of esters is 1. The van der Waals surface area contributed by atoms with Gasteiger partial charge in [0, 0.05) is 18.2 Å². The van der Waals surface area contributed by atoms with Crippen molar-refractivity contribution in [3.8, 4) is 0 Å². The molecule has 0 amide bonds. The molecule has 1 unspecified atom stereocenters. The Bertz CT molecular complexity index is 926. The number of nitrogens with one attached hydrogen (secondary N) is 1. The molecule has 10 heteroatoms. The molecule has 0 aromatic carbocycles. The van der Waals surface area contributed by atoms with Crippen LogP contribution in [-0.2, 0) is 23.7 Å². The number of aromatic amines is 1. The molecule has 0 saturated carbocycles. The van der Waals surface area contributed by atoms with Crippen LogP contribution in [0.1, 0.15) is 38.5 Å². The zero-order valence-corrected chi connectivity index (χ0v) is 18.5. The SMILES string of the molecule is CSCO[C@]1(C)COC(C)(CC(=O)OC[C@@H]2C=C[C@H](n3cc(C)c(=O)[nH]c3=O)O2)C1. The first-order chi connectivity index (χ1) is 14.1. The smallest absolute Gasteiger partial charge is 0.330 e. The number of carbonyl (C=O) groups is 1. The summed E-state index contributed by atoms with van der Waals surface area (Å²) in [5.74, 6) is 0.189. The van der Waals surface area contributed by atoms with Crippen LogP contribution in [-0.4, -0.2) is 58.2 Å². The van der Waals surface area contributed by atoms with Crippen LogP contribution in [0, 0.1) is 6.92 Å². The fourth-order valence-electron chi connectivity index (χ4n) is 3.68. The molecule has 3 rings (SSSR count). The minimum absolute atomic E-state index is 0.0270. The summed E-state index contributed by atoms with van der Waals surface area (Å²) in [6.45, 7) is 5.93. The standard InChI is InChI=1S/C20H28N2O7S/c1-13-8-22(18(25)21-17(13)24)15-6-5-14(29-15)9-26-16(23)7-19(2)10-20(3,11-27-19)28-12-30-4/h5-6,8,14-15H,7,9-12H2,1-4H3,(H,21,24,25)/t14-,15+,19?,20-/m0/s1. The average Bonchev–Trinajstić information content (AvgIpc) is 3.26. The molecule has 30 heavy (non-hydrogen) atoms. The van der Waals surface area contributed by atoms with Gasteiger partial charge in [-0.1, -0.05) is 6.08 Å². The second kappa shape index (κ2) is 9.09. The third-order valence-electron chi connectivity index (χ3n) is 5.15. The Balaban J connectivity index is 1.48. The molecule has 0 aliphatic carbocycles. The van der Waals surface area contributed by atoms with Crippen LogP contribution in [0.15, 0.2) is 27.9 Å². The van der Waals surface area contributed by atoms with Gasteiger partial charge in [-0.15, -0.1) is 11.8 Å². The Kier molecular flexibility index (Phi) is 6.91. The van der Waals surface area contributed by atoms with Gasteiger partial charge in [0.05, 0.1) is 30.2 Å². The summed E-state index contributed by atoms with van der Waals surface area (Å²) in [7, 11) is 0. The third kappa shape index (κ3) is 5.42. The highest BCUT2D eigenvalue weighted by atomic mass is 32.2. The molecule has 2 aliphatic heterocycles. The Morgan fingerprint density at radius 2 is 2.13 bits per heavy atom. The lowest BCUT2D eigenvalue weighted by Crippen LogP contribution is -2.34. The van der Waals surface area contributed by atoms with Crippen molar-refractivity contribution < 1.29 is 23.7 Å². The lowest BCUT2D eigenvalue weighted by Gasteiger charge is -2.26. The van der Waals surface area contributed by atoms with E-state index in [9.17, 15) is 14.4 Å². The van der Waals surface area contributed by atoms with Crippen LogP contribution in [0.2, 0.25) is 0 Å². The second-order valence-corrected chi connectivity index (χ2v) is 9.02. The summed E-state index contributed by atoms with van der Waals surface area (Å²) >= 11 is 1.60. The van der Waals surface area contributed by atoms with Gasteiger partial charge >= 0.3 is 11.7 Å². The summed E-state index contributed by atoms with van der Waals surface area (Å²) in [6.07, 6.45) is 6.40. The van der Waals surface area contributed by atoms with Gasteiger partial charge in [-0.2, -0.15) is 0 Å². The number of hydrogen-bond acceptors (Lipinski definition) is 8. The molecule has 0 radical (unpaired) electrons. The first-order valence-corrected chi connectivity index (χ1v) is 11.1. The van der Waals surface area contributed by atoms with Gasteiger partial charge in [-0.3, -0.25) is 19.1 Å². The number of rotatable bonds is 8. The van der Waals surface area contributed by atoms with E-state index in [2.05, 4.69) is 4.98 Å². The van der Waals surface area contributed by atoms with E-state index in [0.717, 1.165) is 0 Å². The van der Waals surface area contributed by atoms with E-state index in [1.54, 1.807) is 30.8 Å². The van der Waals surface area contributed by atoms with E-state index in [1.165, 1.54) is 10.8 Å². The molecule has 3 heterocycles. The number of aryl methyl sites for hydroxylation is 1. The van der Waals surface area contributed by atoms with Crippen LogP contribution in [0.4, 0.5) is 0 Å². The molecule has 0 bridgehead atoms. The minimum atomic E-state index is -0.665. The number of thioether (sulfide) groups is 1. The highest BCUT2D eigenvalue weighted by molar-refractivity contribution is 7.98. The van der Waals surface area contributed by atoms with Gasteiger partial charge in [0.25, 0.3) is 5.56 Å². The second-order valence-electron chi connectivity index (χ2n) is 8.20. The van der Waals surface area contributed by atoms with Crippen LogP contribution in [0.3, 0.4) is 0 Å². The topological polar surface area (TPSA) is 109 Å². The van der Waals surface area contributed by atoms with Gasteiger partial charge < -0.3 is 18.9 Å². The number of aromatic nitrogens is 2. The number of H-pyrrole nitrogens is 1. The first kappa shape index (κ1) is 22.8. The lowest BCUT2D eigenvalue weighted by atomic mass is 9.91. The molecule has 1 saturated heterocycles. The van der Waals surface area contributed by atoms with E-state index in [0.29, 0.717) is 24.5 Å². The number of ether oxygens (including phenoxy) is 4. The monoisotopic (exact) mass is 440 g/mol. The number of carbonyl (C=O) groups excluding carboxylic acids is 1. The van der Waals surface area contributed by atoms with Crippen molar-refractivity contribution in [1.82, 2.24) is 9.55 Å². The van der Waals surface area contributed by atoms with Crippen molar-refractivity contribution in [3.05, 3.63) is 44.8 Å². The molecule has 1 aromatic rings. The fraction of sp³-hybridized carbons (Fsp3) is 0.650. The third-order valence-corrected chi connectivity index (χ3v) is 5.50. The summed E-state index contributed by atoms with van der Waals surface area (Å²) in [5, 5.41) is 0. The van der Waals surface area contributed by atoms with Crippen LogP contribution in [0.25, 0.3) is 0 Å². The highest BCUT2D eigenvalue weighted by Crippen LogP contribution is 2.38. The zero-order valence-electron chi connectivity index (χ0n) is 17.6. The van der Waals surface area contributed by atoms with E-state index >= 15 is 0 Å². The first-order valence-electron chi connectivity index (χ1n) is 9.71. The van der Waals surface area contributed by atoms with Crippen LogP contribution >= 0.6 is 11.8 Å². The molecule has 166 valence electrons. The van der Waals surface area contributed by atoms with Crippen molar-refractivity contribution in [2.45, 2.75) is 57.1 Å². The average molecular weight is 441 g/mol. The lowest BCUT2D eigenvalue weighted by molar-refractivity contribution is -0.153. The summed E-state index contributed by atoms with van der Waals surface area (Å²) in [6, 6.07) is 0. The van der Waals surface area contributed by atoms with E-state index in [4.69, 9.17) is 18.9 Å². The van der Waals surface area contributed by atoms with Gasteiger partial charge in [0.2, 0.25) is 0 Å². The fourth-order valence-corrected chi connectivity index (χ4v) is 4.08. The van der Waals surface area contributed by atoms with E-state index < -0.39 is 34.8 Å². The van der Waals surface area contributed by atoms with E-state index in [1.807, 2.05) is 20.1 Å². The van der Waals surface area contributed by atoms with Gasteiger partial charge in [-0.25, -0.2) is 4.79 Å². The summed E-state index contributed by atoms with van der Waals surface area (Å²) in [5.41, 5.74) is -1.64. The highest BCUT2D eigenvalue weighted by Gasteiger charge is 2.46. The maximum atomic E-state index is 12.4.